The quantitative estimate of drug-likeness (QED) is 0.609. The van der Waals surface area contributed by atoms with Crippen LogP contribution in [0.4, 0.5) is 4.79 Å². The lowest BCUT2D eigenvalue weighted by molar-refractivity contribution is -0.138. The van der Waals surface area contributed by atoms with E-state index < -0.39 is 35.5 Å². The lowest BCUT2D eigenvalue weighted by Crippen LogP contribution is -2.52. The summed E-state index contributed by atoms with van der Waals surface area (Å²) in [5.74, 6) is -0.0813. The molecule has 2 aliphatic rings. The molecule has 2 unspecified atom stereocenters. The van der Waals surface area contributed by atoms with Crippen molar-refractivity contribution >= 4 is 23.2 Å². The second-order valence-corrected chi connectivity index (χ2v) is 10.5. The van der Waals surface area contributed by atoms with Crippen molar-refractivity contribution in [3.63, 3.8) is 0 Å². The van der Waals surface area contributed by atoms with Crippen molar-refractivity contribution in [1.29, 1.82) is 0 Å². The van der Waals surface area contributed by atoms with Gasteiger partial charge in [0.25, 0.3) is 0 Å². The molecule has 1 N–H and O–H groups in total. The first-order valence-corrected chi connectivity index (χ1v) is 13.2. The molecule has 4 rings (SSSR count). The number of aliphatic hydroxyl groups excluding tert-OH is 1. The van der Waals surface area contributed by atoms with Gasteiger partial charge in [-0.2, -0.15) is 0 Å². The maximum absolute atomic E-state index is 13.4. The van der Waals surface area contributed by atoms with E-state index in [0.717, 1.165) is 24.0 Å². The Kier molecular flexibility index (Phi) is 8.13. The van der Waals surface area contributed by atoms with Crippen LogP contribution in [0.25, 0.3) is 0 Å². The Labute approximate surface area is 203 Å². The highest BCUT2D eigenvalue weighted by Gasteiger charge is 2.43. The summed E-state index contributed by atoms with van der Waals surface area (Å²) in [6, 6.07) is 15.9. The molecule has 0 radical (unpaired) electrons. The van der Waals surface area contributed by atoms with Crippen molar-refractivity contribution in [3.05, 3.63) is 65.7 Å². The number of nitrogens with zero attached hydrogens (tertiary/aromatic N) is 2. The highest BCUT2D eigenvalue weighted by Crippen LogP contribution is 2.28. The van der Waals surface area contributed by atoms with Gasteiger partial charge in [-0.1, -0.05) is 48.0 Å². The van der Waals surface area contributed by atoms with E-state index in [-0.39, 0.29) is 18.3 Å². The fraction of sp³-hybridized carbons (Fsp3) is 0.462. The Morgan fingerprint density at radius 2 is 1.74 bits per heavy atom. The number of ether oxygens (including phenoxy) is 1. The average Bonchev–Trinajstić information content (AvgIpc) is 3.53. The van der Waals surface area contributed by atoms with Crippen LogP contribution in [0.5, 0.6) is 0 Å². The van der Waals surface area contributed by atoms with E-state index >= 15 is 0 Å². The molecule has 7 nitrogen and oxygen atoms in total. The Morgan fingerprint density at radius 1 is 1.06 bits per heavy atom. The maximum atomic E-state index is 13.4. The van der Waals surface area contributed by atoms with Gasteiger partial charge in [-0.25, -0.2) is 4.79 Å². The molecule has 0 spiro atoms. The monoisotopic (exact) mass is 484 g/mol. The summed E-state index contributed by atoms with van der Waals surface area (Å²) < 4.78 is 18.2. The molecule has 2 aliphatic heterocycles. The fourth-order valence-corrected chi connectivity index (χ4v) is 5.92. The van der Waals surface area contributed by atoms with Gasteiger partial charge in [-0.15, -0.1) is 0 Å². The molecule has 2 aromatic carbocycles. The zero-order chi connectivity index (χ0) is 24.1. The number of hydrogen-bond acceptors (Lipinski definition) is 5. The van der Waals surface area contributed by atoms with Gasteiger partial charge < -0.3 is 19.3 Å². The summed E-state index contributed by atoms with van der Waals surface area (Å²) in [5, 5.41) is 10.9. The molecule has 34 heavy (non-hydrogen) atoms. The maximum Gasteiger partial charge on any atom is 0.410 e. The van der Waals surface area contributed by atoms with E-state index in [1.807, 2.05) is 61.5 Å². The zero-order valence-corrected chi connectivity index (χ0v) is 20.3. The van der Waals surface area contributed by atoms with Gasteiger partial charge in [0.1, 0.15) is 24.5 Å². The molecule has 2 amide bonds. The van der Waals surface area contributed by atoms with Gasteiger partial charge in [0.2, 0.25) is 5.91 Å². The van der Waals surface area contributed by atoms with E-state index in [1.165, 1.54) is 4.90 Å². The van der Waals surface area contributed by atoms with Crippen molar-refractivity contribution in [3.8, 4) is 0 Å². The first kappa shape index (κ1) is 24.6. The lowest BCUT2D eigenvalue weighted by atomic mass is 10.1. The minimum Gasteiger partial charge on any atom is -0.611 e. The first-order chi connectivity index (χ1) is 16.4. The number of amides is 2. The van der Waals surface area contributed by atoms with Crippen molar-refractivity contribution in [1.82, 2.24) is 9.80 Å². The molecular formula is C26H32N2O5S. The number of carbonyl (C=O) groups is 2. The zero-order valence-electron chi connectivity index (χ0n) is 19.5. The third-order valence-corrected chi connectivity index (χ3v) is 8.05. The summed E-state index contributed by atoms with van der Waals surface area (Å²) in [5.41, 5.74) is 1.97. The van der Waals surface area contributed by atoms with Crippen LogP contribution in [0.2, 0.25) is 0 Å². The number of aryl methyl sites for hydroxylation is 1. The van der Waals surface area contributed by atoms with E-state index in [4.69, 9.17) is 4.74 Å². The molecule has 0 aliphatic carbocycles. The molecule has 0 aromatic heterocycles. The SMILES string of the molecule is Cc1ccc([S+]([O-])CC(O)[C@@H]2CCCN2C(=O)[C@H]2CCCN2C(=O)OCc2ccccc2)cc1. The minimum atomic E-state index is -1.36. The molecule has 8 heteroatoms. The molecular weight excluding hydrogens is 452 g/mol. The van der Waals surface area contributed by atoms with Crippen LogP contribution in [0, 0.1) is 6.92 Å². The highest BCUT2D eigenvalue weighted by molar-refractivity contribution is 7.91. The van der Waals surface area contributed by atoms with Crippen LogP contribution in [0.3, 0.4) is 0 Å². The number of rotatable bonds is 7. The summed E-state index contributed by atoms with van der Waals surface area (Å²) in [7, 11) is 0. The number of hydrogen-bond donors (Lipinski definition) is 1. The number of aliphatic hydroxyl groups is 1. The second kappa shape index (κ2) is 11.3. The Balaban J connectivity index is 1.36. The molecule has 2 saturated heterocycles. The fourth-order valence-electron chi connectivity index (χ4n) is 4.75. The summed E-state index contributed by atoms with van der Waals surface area (Å²) in [4.78, 5) is 30.0. The van der Waals surface area contributed by atoms with Crippen molar-refractivity contribution < 1.29 is 24.0 Å². The van der Waals surface area contributed by atoms with E-state index in [9.17, 15) is 19.2 Å². The van der Waals surface area contributed by atoms with E-state index in [2.05, 4.69) is 0 Å². The molecule has 2 aromatic rings. The van der Waals surface area contributed by atoms with Gasteiger partial charge >= 0.3 is 6.09 Å². The van der Waals surface area contributed by atoms with Crippen LogP contribution in [0.15, 0.2) is 59.5 Å². The number of likely N-dealkylation sites (tertiary alicyclic amines) is 2. The molecule has 4 atom stereocenters. The summed E-state index contributed by atoms with van der Waals surface area (Å²) in [6.45, 7) is 3.13. The predicted octanol–water partition coefficient (Wildman–Crippen LogP) is 3.26. The largest absolute Gasteiger partial charge is 0.611 e. The lowest BCUT2D eigenvalue weighted by Gasteiger charge is -2.33. The third-order valence-electron chi connectivity index (χ3n) is 6.61. The topological polar surface area (TPSA) is 93.1 Å². The van der Waals surface area contributed by atoms with Gasteiger partial charge in [0, 0.05) is 13.1 Å². The Morgan fingerprint density at radius 3 is 2.47 bits per heavy atom. The van der Waals surface area contributed by atoms with Gasteiger partial charge in [0.05, 0.1) is 6.04 Å². The van der Waals surface area contributed by atoms with Crippen LogP contribution in [0.1, 0.15) is 36.8 Å². The molecule has 0 saturated carbocycles. The normalized spacial score (nSPS) is 22.0. The average molecular weight is 485 g/mol. The summed E-state index contributed by atoms with van der Waals surface area (Å²) >= 11 is -1.36. The predicted molar refractivity (Wildman–Crippen MR) is 130 cm³/mol. The molecule has 0 bridgehead atoms. The first-order valence-electron chi connectivity index (χ1n) is 11.8. The standard InChI is InChI=1S/C26H32N2O5S/c1-19-11-13-21(14-12-19)34(32)18-24(29)22-9-5-15-27(22)25(30)23-10-6-16-28(23)26(31)33-17-20-7-3-2-4-8-20/h2-4,7-8,11-14,22-24,29H,5-6,9-10,15-18H2,1H3/t22-,23+,24?,34?/m0/s1. The van der Waals surface area contributed by atoms with Crippen molar-refractivity contribution in [2.75, 3.05) is 18.8 Å². The van der Waals surface area contributed by atoms with E-state index in [1.54, 1.807) is 4.90 Å². The van der Waals surface area contributed by atoms with Crippen LogP contribution in [-0.4, -0.2) is 68.5 Å². The molecule has 2 heterocycles. The van der Waals surface area contributed by atoms with Crippen molar-refractivity contribution in [2.45, 2.75) is 62.3 Å². The third kappa shape index (κ3) is 5.74. The Hall–Kier alpha value is -2.55. The van der Waals surface area contributed by atoms with Crippen LogP contribution in [-0.2, 0) is 27.3 Å². The number of carbonyl (C=O) groups excluding carboxylic acids is 2. The second-order valence-electron chi connectivity index (χ2n) is 9.03. The minimum absolute atomic E-state index is 0.0744. The van der Waals surface area contributed by atoms with Crippen molar-refractivity contribution in [2.24, 2.45) is 0 Å². The van der Waals surface area contributed by atoms with E-state index in [0.29, 0.717) is 30.8 Å². The van der Waals surface area contributed by atoms with Gasteiger partial charge in [-0.05, 0) is 61.5 Å². The smallest absolute Gasteiger partial charge is 0.410 e. The highest BCUT2D eigenvalue weighted by atomic mass is 32.2. The summed E-state index contributed by atoms with van der Waals surface area (Å²) in [6.07, 6.45) is 1.35. The Bertz CT molecular complexity index is 971. The van der Waals surface area contributed by atoms with Crippen LogP contribution >= 0.6 is 0 Å². The molecule has 2 fully saturated rings. The van der Waals surface area contributed by atoms with Gasteiger partial charge in [-0.3, -0.25) is 9.69 Å². The number of benzene rings is 2. The van der Waals surface area contributed by atoms with Crippen LogP contribution < -0.4 is 0 Å². The van der Waals surface area contributed by atoms with Gasteiger partial charge in [0.15, 0.2) is 4.90 Å². The molecule has 182 valence electrons.